The second-order valence-electron chi connectivity index (χ2n) is 9.38. The minimum Gasteiger partial charge on any atom is -0.437 e. The summed E-state index contributed by atoms with van der Waals surface area (Å²) in [5.41, 5.74) is 7.86. The maximum Gasteiger partial charge on any atom is 0.227 e. The fourth-order valence-electron chi connectivity index (χ4n) is 5.03. The van der Waals surface area contributed by atoms with Gasteiger partial charge in [0.2, 0.25) is 5.71 Å². The highest BCUT2D eigenvalue weighted by atomic mass is 16.3. The molecule has 0 aliphatic rings. The normalized spacial score (nSPS) is 12.0. The van der Waals surface area contributed by atoms with Crippen molar-refractivity contribution in [1.29, 1.82) is 0 Å². The Morgan fingerprint density at radius 1 is 0.879 bits per heavy atom. The highest BCUT2D eigenvalue weighted by Gasteiger charge is 2.17. The molecule has 0 bridgehead atoms. The summed E-state index contributed by atoms with van der Waals surface area (Å²) in [6.45, 7) is 8.68. The van der Waals surface area contributed by atoms with Gasteiger partial charge in [0.15, 0.2) is 0 Å². The summed E-state index contributed by atoms with van der Waals surface area (Å²) in [6.07, 6.45) is 2.74. The lowest BCUT2D eigenvalue weighted by Crippen LogP contribution is -1.96. The summed E-state index contributed by atoms with van der Waals surface area (Å²) in [5, 5.41) is 5.52. The third-order valence-corrected chi connectivity index (χ3v) is 6.38. The van der Waals surface area contributed by atoms with Crippen molar-refractivity contribution in [2.45, 2.75) is 34.1 Å². The van der Waals surface area contributed by atoms with E-state index in [2.05, 4.69) is 74.3 Å². The van der Waals surface area contributed by atoms with Gasteiger partial charge in [-0.05, 0) is 67.0 Å². The molecule has 0 aliphatic carbocycles. The SMILES string of the molecule is Cc1ccc2c(n1)oc1c(-c3ncnc4c3ccc3cc(CC(C)C)cc(C)c34)cccc12. The van der Waals surface area contributed by atoms with E-state index >= 15 is 0 Å². The van der Waals surface area contributed by atoms with Gasteiger partial charge in [0.05, 0.1) is 11.2 Å². The van der Waals surface area contributed by atoms with Crippen LogP contribution in [0.5, 0.6) is 0 Å². The first-order valence-electron chi connectivity index (χ1n) is 11.5. The van der Waals surface area contributed by atoms with E-state index in [0.717, 1.165) is 50.6 Å². The third-order valence-electron chi connectivity index (χ3n) is 6.38. The molecule has 6 rings (SSSR count). The summed E-state index contributed by atoms with van der Waals surface area (Å²) in [5.74, 6) is 0.624. The molecule has 162 valence electrons. The van der Waals surface area contributed by atoms with Crippen molar-refractivity contribution < 1.29 is 4.42 Å². The maximum absolute atomic E-state index is 6.26. The van der Waals surface area contributed by atoms with Crippen LogP contribution in [0.3, 0.4) is 0 Å². The van der Waals surface area contributed by atoms with Crippen molar-refractivity contribution in [3.8, 4) is 11.3 Å². The summed E-state index contributed by atoms with van der Waals surface area (Å²) in [7, 11) is 0. The van der Waals surface area contributed by atoms with Crippen molar-refractivity contribution >= 4 is 43.7 Å². The van der Waals surface area contributed by atoms with Gasteiger partial charge in [0.25, 0.3) is 0 Å². The Morgan fingerprint density at radius 2 is 1.73 bits per heavy atom. The Labute approximate surface area is 192 Å². The molecule has 3 aromatic carbocycles. The number of pyridine rings is 1. The molecule has 0 N–H and O–H groups in total. The quantitative estimate of drug-likeness (QED) is 0.271. The molecule has 0 amide bonds. The number of benzene rings is 3. The lowest BCUT2D eigenvalue weighted by molar-refractivity contribution is 0.647. The highest BCUT2D eigenvalue weighted by molar-refractivity contribution is 6.14. The standard InChI is InChI=1S/C29H25N3O/c1-16(2)12-19-13-17(3)25-20(14-19)9-11-23-26(30-15-31-27(23)25)24-7-5-6-21-22-10-8-18(4)32-29(22)33-28(21)24/h5-11,13-16H,12H2,1-4H3. The van der Waals surface area contributed by atoms with Crippen molar-refractivity contribution in [1.82, 2.24) is 15.0 Å². The van der Waals surface area contributed by atoms with E-state index in [0.29, 0.717) is 11.6 Å². The summed E-state index contributed by atoms with van der Waals surface area (Å²) in [4.78, 5) is 14.0. The van der Waals surface area contributed by atoms with Gasteiger partial charge in [-0.1, -0.05) is 44.2 Å². The van der Waals surface area contributed by atoms with E-state index in [9.17, 15) is 0 Å². The third kappa shape index (κ3) is 3.17. The smallest absolute Gasteiger partial charge is 0.227 e. The lowest BCUT2D eigenvalue weighted by atomic mass is 9.94. The van der Waals surface area contributed by atoms with Crippen LogP contribution in [0.1, 0.15) is 30.7 Å². The zero-order valence-corrected chi connectivity index (χ0v) is 19.3. The first-order valence-corrected chi connectivity index (χ1v) is 11.5. The summed E-state index contributed by atoms with van der Waals surface area (Å²) < 4.78 is 6.26. The van der Waals surface area contributed by atoms with E-state index in [1.807, 2.05) is 13.0 Å². The van der Waals surface area contributed by atoms with Crippen LogP contribution in [0, 0.1) is 19.8 Å². The maximum atomic E-state index is 6.26. The highest BCUT2D eigenvalue weighted by Crippen LogP contribution is 2.38. The average molecular weight is 432 g/mol. The predicted molar refractivity (Wildman–Crippen MR) is 136 cm³/mol. The number of aryl methyl sites for hydroxylation is 2. The molecule has 33 heavy (non-hydrogen) atoms. The Kier molecular flexibility index (Phi) is 4.44. The van der Waals surface area contributed by atoms with Crippen LogP contribution in [0.15, 0.2) is 65.3 Å². The van der Waals surface area contributed by atoms with Gasteiger partial charge < -0.3 is 4.42 Å². The van der Waals surface area contributed by atoms with Crippen LogP contribution in [0.4, 0.5) is 0 Å². The van der Waals surface area contributed by atoms with Crippen molar-refractivity contribution in [2.75, 3.05) is 0 Å². The Morgan fingerprint density at radius 3 is 2.58 bits per heavy atom. The Balaban J connectivity index is 1.63. The second kappa shape index (κ2) is 7.38. The van der Waals surface area contributed by atoms with Crippen molar-refractivity contribution in [3.63, 3.8) is 0 Å². The Hall–Kier alpha value is -3.79. The van der Waals surface area contributed by atoms with Crippen LogP contribution in [-0.4, -0.2) is 15.0 Å². The molecule has 4 heteroatoms. The van der Waals surface area contributed by atoms with Gasteiger partial charge in [0.1, 0.15) is 11.9 Å². The summed E-state index contributed by atoms with van der Waals surface area (Å²) in [6, 6.07) is 19.3. The monoisotopic (exact) mass is 431 g/mol. The topological polar surface area (TPSA) is 51.8 Å². The fourth-order valence-corrected chi connectivity index (χ4v) is 5.03. The van der Waals surface area contributed by atoms with Crippen LogP contribution >= 0.6 is 0 Å². The average Bonchev–Trinajstić information content (AvgIpc) is 3.15. The van der Waals surface area contributed by atoms with E-state index in [-0.39, 0.29) is 0 Å². The predicted octanol–water partition coefficient (Wildman–Crippen LogP) is 7.56. The minimum atomic E-state index is 0.624. The minimum absolute atomic E-state index is 0.624. The van der Waals surface area contributed by atoms with Crippen molar-refractivity contribution in [2.24, 2.45) is 5.92 Å². The second-order valence-corrected chi connectivity index (χ2v) is 9.38. The number of nitrogens with zero attached hydrogens (tertiary/aromatic N) is 3. The van der Waals surface area contributed by atoms with E-state index in [1.165, 1.54) is 21.9 Å². The molecule has 0 unspecified atom stereocenters. The van der Waals surface area contributed by atoms with Crippen molar-refractivity contribution in [3.05, 3.63) is 77.7 Å². The number of hydrogen-bond acceptors (Lipinski definition) is 4. The molecule has 6 aromatic rings. The molecule has 3 aromatic heterocycles. The van der Waals surface area contributed by atoms with Gasteiger partial charge in [-0.3, -0.25) is 0 Å². The van der Waals surface area contributed by atoms with Crippen LogP contribution in [0.25, 0.3) is 55.0 Å². The zero-order valence-electron chi connectivity index (χ0n) is 19.3. The number of hydrogen-bond donors (Lipinski definition) is 0. The van der Waals surface area contributed by atoms with Crippen LogP contribution in [-0.2, 0) is 6.42 Å². The van der Waals surface area contributed by atoms with Gasteiger partial charge in [-0.25, -0.2) is 15.0 Å². The van der Waals surface area contributed by atoms with E-state index < -0.39 is 0 Å². The zero-order chi connectivity index (χ0) is 22.7. The van der Waals surface area contributed by atoms with Gasteiger partial charge in [0, 0.05) is 32.8 Å². The number of rotatable bonds is 3. The Bertz CT molecular complexity index is 1690. The molecule has 0 fully saturated rings. The molecule has 0 saturated heterocycles. The number of fused-ring (bicyclic) bond motifs is 6. The molecule has 0 aliphatic heterocycles. The molecular weight excluding hydrogens is 406 g/mol. The largest absolute Gasteiger partial charge is 0.437 e. The van der Waals surface area contributed by atoms with E-state index in [4.69, 9.17) is 14.4 Å². The van der Waals surface area contributed by atoms with Gasteiger partial charge >= 0.3 is 0 Å². The molecule has 0 saturated carbocycles. The number of para-hydroxylation sites is 1. The molecule has 0 radical (unpaired) electrons. The molecule has 0 atom stereocenters. The first-order chi connectivity index (χ1) is 16.0. The fraction of sp³-hybridized carbons (Fsp3) is 0.207. The molecule has 0 spiro atoms. The van der Waals surface area contributed by atoms with Gasteiger partial charge in [-0.2, -0.15) is 0 Å². The first kappa shape index (κ1) is 19.9. The molecule has 3 heterocycles. The van der Waals surface area contributed by atoms with Gasteiger partial charge in [-0.15, -0.1) is 0 Å². The number of furan rings is 1. The lowest BCUT2D eigenvalue weighted by Gasteiger charge is -2.13. The molecular formula is C29H25N3O. The van der Waals surface area contributed by atoms with E-state index in [1.54, 1.807) is 6.33 Å². The number of aromatic nitrogens is 3. The molecule has 4 nitrogen and oxygen atoms in total. The van der Waals surface area contributed by atoms with Crippen LogP contribution < -0.4 is 0 Å². The summed E-state index contributed by atoms with van der Waals surface area (Å²) >= 11 is 0. The van der Waals surface area contributed by atoms with Crippen LogP contribution in [0.2, 0.25) is 0 Å².